The summed E-state index contributed by atoms with van der Waals surface area (Å²) in [6.07, 6.45) is 3.47. The van der Waals surface area contributed by atoms with Crippen LogP contribution in [-0.4, -0.2) is 116 Å². The van der Waals surface area contributed by atoms with Gasteiger partial charge in [0.25, 0.3) is 0 Å². The molecule has 2 fully saturated rings. The molecule has 11 nitrogen and oxygen atoms in total. The minimum absolute atomic E-state index is 0.0742. The molecule has 2 rings (SSSR count). The van der Waals surface area contributed by atoms with E-state index in [2.05, 4.69) is 0 Å². The summed E-state index contributed by atoms with van der Waals surface area (Å²) < 4.78 is 33.9. The van der Waals surface area contributed by atoms with Gasteiger partial charge in [-0.25, -0.2) is 0 Å². The first-order valence-electron chi connectivity index (χ1n) is 12.4. The number of β-amino-alcohol motifs (C(OH)–C–C–N with tert-alkyl or cyclic N) is 1. The summed E-state index contributed by atoms with van der Waals surface area (Å²) >= 11 is 0. The number of aliphatic hydroxyl groups excluding tert-OH is 1. The van der Waals surface area contributed by atoms with E-state index in [4.69, 9.17) is 18.7 Å². The van der Waals surface area contributed by atoms with Crippen molar-refractivity contribution in [2.75, 3.05) is 60.8 Å². The van der Waals surface area contributed by atoms with Gasteiger partial charge >= 0.3 is 7.60 Å². The van der Waals surface area contributed by atoms with E-state index in [0.717, 1.165) is 12.8 Å². The standard InChI is InChI=1S/C23H43N2O9P/c1-31-10-6-4-8-22(27)24-14-20(26)12-18(24)17-34-35(29,30)21-13-19(16-33-3)25(15-21)23(28)9-5-7-11-32-2/h18-21,26H,4-17H2,1-3H3,(H,29,30)/t18-,19-,20+,21+/m0/s1. The molecule has 0 aromatic heterocycles. The fraction of sp³-hybridized carbons (Fsp3) is 0.913. The van der Waals surface area contributed by atoms with Crippen molar-refractivity contribution in [3.63, 3.8) is 0 Å². The second-order valence-corrected chi connectivity index (χ2v) is 11.5. The van der Waals surface area contributed by atoms with Crippen LogP contribution in [0.2, 0.25) is 0 Å². The normalized spacial score (nSPS) is 26.3. The van der Waals surface area contributed by atoms with Gasteiger partial charge < -0.3 is 38.5 Å². The van der Waals surface area contributed by atoms with Crippen LogP contribution < -0.4 is 0 Å². The third kappa shape index (κ3) is 9.39. The monoisotopic (exact) mass is 522 g/mol. The average molecular weight is 523 g/mol. The molecule has 2 N–H and O–H groups in total. The maximum atomic E-state index is 13.2. The fourth-order valence-electron chi connectivity index (χ4n) is 4.77. The van der Waals surface area contributed by atoms with Crippen molar-refractivity contribution in [2.24, 2.45) is 0 Å². The number of aliphatic hydroxyl groups is 1. The molecule has 1 unspecified atom stereocenters. The SMILES string of the molecule is COCCCCC(=O)N1C[C@H](O)C[C@H]1COP(=O)(O)[C@@H]1C[C@@H](COC)N(C(=O)CCCCOC)C1. The molecule has 2 amide bonds. The molecule has 0 spiro atoms. The molecule has 2 heterocycles. The van der Waals surface area contributed by atoms with Gasteiger partial charge in [0.05, 0.1) is 37.1 Å². The zero-order valence-electron chi connectivity index (χ0n) is 21.3. The van der Waals surface area contributed by atoms with Crippen LogP contribution in [0.1, 0.15) is 51.4 Å². The molecule has 0 bridgehead atoms. The second kappa shape index (κ2) is 15.2. The highest BCUT2D eigenvalue weighted by atomic mass is 31.2. The molecule has 0 aromatic rings. The lowest BCUT2D eigenvalue weighted by Gasteiger charge is -2.26. The van der Waals surface area contributed by atoms with E-state index in [9.17, 15) is 24.2 Å². The first kappa shape index (κ1) is 30.2. The lowest BCUT2D eigenvalue weighted by atomic mass is 10.2. The van der Waals surface area contributed by atoms with Crippen molar-refractivity contribution >= 4 is 19.4 Å². The Kier molecular flexibility index (Phi) is 13.1. The zero-order chi connectivity index (χ0) is 25.8. The summed E-state index contributed by atoms with van der Waals surface area (Å²) in [6, 6.07) is -0.752. The Bertz CT molecular complexity index is 710. The van der Waals surface area contributed by atoms with E-state index in [1.807, 2.05) is 0 Å². The van der Waals surface area contributed by atoms with Gasteiger partial charge in [0, 0.05) is 60.5 Å². The lowest BCUT2D eigenvalue weighted by molar-refractivity contribution is -0.133. The highest BCUT2D eigenvalue weighted by Gasteiger charge is 2.45. The molecule has 0 saturated carbocycles. The molecular weight excluding hydrogens is 479 g/mol. The minimum Gasteiger partial charge on any atom is -0.391 e. The van der Waals surface area contributed by atoms with Crippen LogP contribution in [0.5, 0.6) is 0 Å². The first-order valence-corrected chi connectivity index (χ1v) is 14.1. The number of ether oxygens (including phenoxy) is 3. The number of amides is 2. The van der Waals surface area contributed by atoms with Crippen molar-refractivity contribution in [1.82, 2.24) is 9.80 Å². The van der Waals surface area contributed by atoms with E-state index in [1.165, 1.54) is 7.11 Å². The molecule has 2 saturated heterocycles. The van der Waals surface area contributed by atoms with Crippen molar-refractivity contribution in [2.45, 2.75) is 75.2 Å². The number of hydrogen-bond donors (Lipinski definition) is 2. The van der Waals surface area contributed by atoms with Crippen molar-refractivity contribution < 1.29 is 42.9 Å². The zero-order valence-corrected chi connectivity index (χ0v) is 22.2. The summed E-state index contributed by atoms with van der Waals surface area (Å²) in [5.41, 5.74) is -0.727. The molecule has 2 aliphatic rings. The second-order valence-electron chi connectivity index (χ2n) is 9.39. The fourth-order valence-corrected chi connectivity index (χ4v) is 6.26. The van der Waals surface area contributed by atoms with Gasteiger partial charge in [0.15, 0.2) is 0 Å². The minimum atomic E-state index is -4.08. The van der Waals surface area contributed by atoms with E-state index in [1.54, 1.807) is 24.0 Å². The predicted molar refractivity (Wildman–Crippen MR) is 129 cm³/mol. The maximum Gasteiger partial charge on any atom is 0.333 e. The number of rotatable bonds is 16. The van der Waals surface area contributed by atoms with Crippen LogP contribution in [0.15, 0.2) is 0 Å². The third-order valence-electron chi connectivity index (χ3n) is 6.68. The van der Waals surface area contributed by atoms with E-state index in [-0.39, 0.29) is 44.2 Å². The summed E-state index contributed by atoms with van der Waals surface area (Å²) in [6.45, 7) is 1.62. The van der Waals surface area contributed by atoms with Crippen molar-refractivity contribution in [3.8, 4) is 0 Å². The molecule has 0 aliphatic carbocycles. The van der Waals surface area contributed by atoms with Gasteiger partial charge in [0.1, 0.15) is 0 Å². The van der Waals surface area contributed by atoms with Gasteiger partial charge in [-0.1, -0.05) is 0 Å². The molecule has 5 atom stereocenters. The Morgan fingerprint density at radius 2 is 1.37 bits per heavy atom. The van der Waals surface area contributed by atoms with Crippen LogP contribution in [-0.2, 0) is 32.9 Å². The molecule has 12 heteroatoms. The van der Waals surface area contributed by atoms with Gasteiger partial charge in [-0.2, -0.15) is 0 Å². The number of carbonyl (C=O) groups is 2. The number of methoxy groups -OCH3 is 3. The van der Waals surface area contributed by atoms with Gasteiger partial charge in [-0.05, 0) is 38.5 Å². The van der Waals surface area contributed by atoms with Gasteiger partial charge in [-0.15, -0.1) is 0 Å². The largest absolute Gasteiger partial charge is 0.391 e. The molecule has 2 aliphatic heterocycles. The summed E-state index contributed by atoms with van der Waals surface area (Å²) in [7, 11) is 0.684. The van der Waals surface area contributed by atoms with Crippen molar-refractivity contribution in [3.05, 3.63) is 0 Å². The number of unbranched alkanes of at least 4 members (excludes halogenated alkanes) is 2. The number of hydrogen-bond acceptors (Lipinski definition) is 8. The Hall–Kier alpha value is -1.07. The quantitative estimate of drug-likeness (QED) is 0.228. The average Bonchev–Trinajstić information content (AvgIpc) is 3.42. The molecule has 35 heavy (non-hydrogen) atoms. The Morgan fingerprint density at radius 1 is 0.829 bits per heavy atom. The molecular formula is C23H43N2O9P. The Balaban J connectivity index is 1.92. The van der Waals surface area contributed by atoms with Crippen LogP contribution >= 0.6 is 7.60 Å². The van der Waals surface area contributed by atoms with Gasteiger partial charge in [-0.3, -0.25) is 14.2 Å². The first-order chi connectivity index (χ1) is 16.7. The van der Waals surface area contributed by atoms with E-state index >= 15 is 0 Å². The molecule has 0 radical (unpaired) electrons. The Morgan fingerprint density at radius 3 is 1.91 bits per heavy atom. The lowest BCUT2D eigenvalue weighted by Crippen LogP contribution is -2.39. The maximum absolute atomic E-state index is 13.2. The number of likely N-dealkylation sites (tertiary alicyclic amines) is 2. The smallest absolute Gasteiger partial charge is 0.333 e. The summed E-state index contributed by atoms with van der Waals surface area (Å²) in [5, 5.41) is 10.1. The van der Waals surface area contributed by atoms with Crippen LogP contribution in [0.25, 0.3) is 0 Å². The molecule has 204 valence electrons. The van der Waals surface area contributed by atoms with Gasteiger partial charge in [0.2, 0.25) is 11.8 Å². The third-order valence-corrected chi connectivity index (χ3v) is 8.49. The van der Waals surface area contributed by atoms with Crippen LogP contribution in [0.4, 0.5) is 0 Å². The van der Waals surface area contributed by atoms with Crippen molar-refractivity contribution in [1.29, 1.82) is 0 Å². The highest BCUT2D eigenvalue weighted by Crippen LogP contribution is 2.52. The van der Waals surface area contributed by atoms with E-state index in [0.29, 0.717) is 51.7 Å². The summed E-state index contributed by atoms with van der Waals surface area (Å²) in [4.78, 5) is 39.3. The van der Waals surface area contributed by atoms with E-state index < -0.39 is 25.4 Å². The number of carbonyl (C=O) groups excluding carboxylic acids is 2. The number of nitrogens with zero attached hydrogens (tertiary/aromatic N) is 2. The Labute approximate surface area is 208 Å². The topological polar surface area (TPSA) is 135 Å². The predicted octanol–water partition coefficient (Wildman–Crippen LogP) is 1.40. The highest BCUT2D eigenvalue weighted by molar-refractivity contribution is 7.53. The molecule has 0 aromatic carbocycles. The summed E-state index contributed by atoms with van der Waals surface area (Å²) in [5.74, 6) is -0.180. The van der Waals surface area contributed by atoms with Crippen LogP contribution in [0, 0.1) is 0 Å². The van der Waals surface area contributed by atoms with Crippen LogP contribution in [0.3, 0.4) is 0 Å².